The van der Waals surface area contributed by atoms with Gasteiger partial charge in [0.1, 0.15) is 11.5 Å². The highest BCUT2D eigenvalue weighted by Gasteiger charge is 2.12. The van der Waals surface area contributed by atoms with E-state index in [1.54, 1.807) is 18.2 Å². The lowest BCUT2D eigenvalue weighted by molar-refractivity contribution is 0.276. The Balaban J connectivity index is 2.45. The third-order valence-corrected chi connectivity index (χ3v) is 3.44. The second kappa shape index (κ2) is 5.83. The average Bonchev–Trinajstić information content (AvgIpc) is 2.34. The predicted molar refractivity (Wildman–Crippen MR) is 78.4 cm³/mol. The minimum absolute atomic E-state index is 0.166. The molecule has 100 valence electrons. The fourth-order valence-corrected chi connectivity index (χ4v) is 2.51. The highest BCUT2D eigenvalue weighted by Crippen LogP contribution is 2.35. The van der Waals surface area contributed by atoms with Crippen LogP contribution in [0.4, 0.5) is 0 Å². The lowest BCUT2D eigenvalue weighted by Crippen LogP contribution is -1.96. The standard InChI is InChI=1S/C15H14Cl2O2/c1-9-6-11(16)7-10(2)15(9)19-14-5-3-4-13(17)12(14)8-18/h3-7,18H,8H2,1-2H3. The molecule has 0 radical (unpaired) electrons. The van der Waals surface area contributed by atoms with Gasteiger partial charge >= 0.3 is 0 Å². The fourth-order valence-electron chi connectivity index (χ4n) is 1.96. The molecule has 0 amide bonds. The van der Waals surface area contributed by atoms with Crippen LogP contribution in [0, 0.1) is 13.8 Å². The summed E-state index contributed by atoms with van der Waals surface area (Å²) in [6.07, 6.45) is 0. The van der Waals surface area contributed by atoms with Crippen molar-refractivity contribution in [1.82, 2.24) is 0 Å². The monoisotopic (exact) mass is 296 g/mol. The quantitative estimate of drug-likeness (QED) is 0.873. The molecule has 0 heterocycles. The lowest BCUT2D eigenvalue weighted by atomic mass is 10.1. The molecule has 0 aliphatic heterocycles. The van der Waals surface area contributed by atoms with Crippen LogP contribution in [0.2, 0.25) is 10.0 Å². The Kier molecular flexibility index (Phi) is 4.35. The molecule has 0 saturated heterocycles. The molecule has 4 heteroatoms. The van der Waals surface area contributed by atoms with E-state index in [1.165, 1.54) is 0 Å². The average molecular weight is 297 g/mol. The van der Waals surface area contributed by atoms with Crippen molar-refractivity contribution in [2.75, 3.05) is 0 Å². The van der Waals surface area contributed by atoms with Crippen LogP contribution in [-0.2, 0) is 6.61 Å². The largest absolute Gasteiger partial charge is 0.456 e. The number of halogens is 2. The highest BCUT2D eigenvalue weighted by atomic mass is 35.5. The van der Waals surface area contributed by atoms with E-state index in [1.807, 2.05) is 26.0 Å². The van der Waals surface area contributed by atoms with Gasteiger partial charge in [-0.2, -0.15) is 0 Å². The molecule has 0 unspecified atom stereocenters. The zero-order valence-corrected chi connectivity index (χ0v) is 12.2. The number of rotatable bonds is 3. The Morgan fingerprint density at radius 3 is 2.32 bits per heavy atom. The van der Waals surface area contributed by atoms with E-state index in [0.717, 1.165) is 16.9 Å². The van der Waals surface area contributed by atoms with Gasteiger partial charge in [0.25, 0.3) is 0 Å². The van der Waals surface area contributed by atoms with Crippen LogP contribution in [0.15, 0.2) is 30.3 Å². The van der Waals surface area contributed by atoms with Crippen LogP contribution in [0.5, 0.6) is 11.5 Å². The molecule has 0 saturated carbocycles. The Morgan fingerprint density at radius 1 is 1.11 bits per heavy atom. The SMILES string of the molecule is Cc1cc(Cl)cc(C)c1Oc1cccc(Cl)c1CO. The van der Waals surface area contributed by atoms with Gasteiger partial charge in [-0.1, -0.05) is 29.3 Å². The summed E-state index contributed by atoms with van der Waals surface area (Å²) in [5.74, 6) is 1.30. The molecule has 0 aliphatic rings. The highest BCUT2D eigenvalue weighted by molar-refractivity contribution is 6.31. The summed E-state index contributed by atoms with van der Waals surface area (Å²) >= 11 is 12.0. The van der Waals surface area contributed by atoms with E-state index < -0.39 is 0 Å². The van der Waals surface area contributed by atoms with Crippen LogP contribution < -0.4 is 4.74 Å². The Labute approximate surface area is 122 Å². The zero-order valence-electron chi connectivity index (χ0n) is 10.7. The number of aryl methyl sites for hydroxylation is 2. The summed E-state index contributed by atoms with van der Waals surface area (Å²) in [7, 11) is 0. The van der Waals surface area contributed by atoms with E-state index in [0.29, 0.717) is 21.4 Å². The van der Waals surface area contributed by atoms with Crippen molar-refractivity contribution in [1.29, 1.82) is 0 Å². The van der Waals surface area contributed by atoms with E-state index in [4.69, 9.17) is 27.9 Å². The third kappa shape index (κ3) is 3.03. The Morgan fingerprint density at radius 2 is 1.74 bits per heavy atom. The van der Waals surface area contributed by atoms with Crippen molar-refractivity contribution in [3.8, 4) is 11.5 Å². The molecular weight excluding hydrogens is 283 g/mol. The molecule has 2 nitrogen and oxygen atoms in total. The van der Waals surface area contributed by atoms with Gasteiger partial charge in [0, 0.05) is 15.6 Å². The van der Waals surface area contributed by atoms with E-state index in [9.17, 15) is 5.11 Å². The van der Waals surface area contributed by atoms with E-state index >= 15 is 0 Å². The van der Waals surface area contributed by atoms with E-state index in [-0.39, 0.29) is 6.61 Å². The van der Waals surface area contributed by atoms with Gasteiger partial charge < -0.3 is 9.84 Å². The second-order valence-corrected chi connectivity index (χ2v) is 5.19. The number of benzene rings is 2. The Bertz CT molecular complexity index is 586. The van der Waals surface area contributed by atoms with Crippen molar-refractivity contribution in [2.24, 2.45) is 0 Å². The Hall–Kier alpha value is -1.22. The molecule has 0 aliphatic carbocycles. The van der Waals surface area contributed by atoms with E-state index in [2.05, 4.69) is 0 Å². The molecule has 0 bridgehead atoms. The molecule has 0 atom stereocenters. The van der Waals surface area contributed by atoms with Crippen molar-refractivity contribution >= 4 is 23.2 Å². The summed E-state index contributed by atoms with van der Waals surface area (Å²) < 4.78 is 5.89. The molecule has 0 aromatic heterocycles. The van der Waals surface area contributed by atoms with Gasteiger partial charge in [0.05, 0.1) is 6.61 Å². The summed E-state index contributed by atoms with van der Waals surface area (Å²) in [6.45, 7) is 3.69. The maximum Gasteiger partial charge on any atom is 0.134 e. The van der Waals surface area contributed by atoms with Crippen LogP contribution in [0.25, 0.3) is 0 Å². The zero-order chi connectivity index (χ0) is 14.0. The van der Waals surface area contributed by atoms with Crippen LogP contribution in [0.1, 0.15) is 16.7 Å². The van der Waals surface area contributed by atoms with Crippen molar-refractivity contribution in [2.45, 2.75) is 20.5 Å². The molecule has 0 spiro atoms. The molecule has 2 aromatic rings. The number of aliphatic hydroxyl groups is 1. The summed E-state index contributed by atoms with van der Waals surface area (Å²) in [5, 5.41) is 10.5. The third-order valence-electron chi connectivity index (χ3n) is 2.87. The summed E-state index contributed by atoms with van der Waals surface area (Å²) in [6, 6.07) is 8.98. The molecule has 2 rings (SSSR count). The first-order valence-electron chi connectivity index (χ1n) is 5.85. The number of ether oxygens (including phenoxy) is 1. The molecule has 2 aromatic carbocycles. The molecular formula is C15H14Cl2O2. The fraction of sp³-hybridized carbons (Fsp3) is 0.200. The van der Waals surface area contributed by atoms with Crippen molar-refractivity contribution in [3.63, 3.8) is 0 Å². The van der Waals surface area contributed by atoms with Gasteiger partial charge in [-0.05, 0) is 49.2 Å². The van der Waals surface area contributed by atoms with Crippen LogP contribution >= 0.6 is 23.2 Å². The minimum Gasteiger partial charge on any atom is -0.456 e. The lowest BCUT2D eigenvalue weighted by Gasteiger charge is -2.15. The minimum atomic E-state index is -0.166. The summed E-state index contributed by atoms with van der Waals surface area (Å²) in [4.78, 5) is 0. The van der Waals surface area contributed by atoms with Crippen LogP contribution in [-0.4, -0.2) is 5.11 Å². The number of hydrogen-bond acceptors (Lipinski definition) is 2. The van der Waals surface area contributed by atoms with Gasteiger partial charge in [0.2, 0.25) is 0 Å². The number of aliphatic hydroxyl groups excluding tert-OH is 1. The topological polar surface area (TPSA) is 29.5 Å². The van der Waals surface area contributed by atoms with Crippen LogP contribution in [0.3, 0.4) is 0 Å². The van der Waals surface area contributed by atoms with Gasteiger partial charge in [-0.15, -0.1) is 0 Å². The maximum absolute atomic E-state index is 9.37. The normalized spacial score (nSPS) is 10.6. The van der Waals surface area contributed by atoms with Gasteiger partial charge in [0.15, 0.2) is 0 Å². The molecule has 1 N–H and O–H groups in total. The first-order valence-corrected chi connectivity index (χ1v) is 6.61. The second-order valence-electron chi connectivity index (χ2n) is 4.35. The smallest absolute Gasteiger partial charge is 0.134 e. The van der Waals surface area contributed by atoms with Crippen molar-refractivity contribution in [3.05, 3.63) is 57.1 Å². The first-order chi connectivity index (χ1) is 9.02. The first kappa shape index (κ1) is 14.2. The molecule has 19 heavy (non-hydrogen) atoms. The summed E-state index contributed by atoms with van der Waals surface area (Å²) in [5.41, 5.74) is 2.46. The maximum atomic E-state index is 9.37. The number of hydrogen-bond donors (Lipinski definition) is 1. The van der Waals surface area contributed by atoms with Crippen molar-refractivity contribution < 1.29 is 9.84 Å². The van der Waals surface area contributed by atoms with Gasteiger partial charge in [-0.25, -0.2) is 0 Å². The molecule has 0 fully saturated rings. The predicted octanol–water partition coefficient (Wildman–Crippen LogP) is 4.89. The van der Waals surface area contributed by atoms with Gasteiger partial charge in [-0.3, -0.25) is 0 Å².